The zero-order valence-corrected chi connectivity index (χ0v) is 10.6. The molecule has 0 atom stereocenters. The topological polar surface area (TPSA) is 40.5 Å². The van der Waals surface area contributed by atoms with Crippen molar-refractivity contribution in [1.82, 2.24) is 4.90 Å². The molecule has 2 rings (SSSR count). The van der Waals surface area contributed by atoms with Gasteiger partial charge in [-0.3, -0.25) is 0 Å². The van der Waals surface area contributed by atoms with Crippen LogP contribution in [0.1, 0.15) is 33.0 Å². The third-order valence-electron chi connectivity index (χ3n) is 2.92. The third-order valence-corrected chi connectivity index (χ3v) is 4.05. The number of nitrogens with zero attached hydrogens (tertiary/aromatic N) is 1. The van der Waals surface area contributed by atoms with E-state index in [1.165, 1.54) is 6.07 Å². The molecule has 1 aromatic rings. The maximum Gasteiger partial charge on any atom is 0.346 e. The predicted molar refractivity (Wildman–Crippen MR) is 66.3 cm³/mol. The summed E-state index contributed by atoms with van der Waals surface area (Å²) in [6.45, 7) is 1.53. The van der Waals surface area contributed by atoms with E-state index in [9.17, 15) is 13.6 Å². The summed E-state index contributed by atoms with van der Waals surface area (Å²) in [5, 5.41) is 9.07. The van der Waals surface area contributed by atoms with Crippen LogP contribution >= 0.6 is 11.3 Å². The third kappa shape index (κ3) is 2.59. The number of thiophene rings is 1. The molecule has 0 saturated carbocycles. The predicted octanol–water partition coefficient (Wildman–Crippen LogP) is 3.10. The minimum Gasteiger partial charge on any atom is -0.477 e. The van der Waals surface area contributed by atoms with Gasteiger partial charge in [-0.1, -0.05) is 6.08 Å². The van der Waals surface area contributed by atoms with Crippen molar-refractivity contribution in [3.63, 3.8) is 0 Å². The van der Waals surface area contributed by atoms with Crippen LogP contribution in [0.4, 0.5) is 8.78 Å². The van der Waals surface area contributed by atoms with Crippen LogP contribution in [0.25, 0.3) is 5.57 Å². The van der Waals surface area contributed by atoms with Gasteiger partial charge >= 0.3 is 5.97 Å². The lowest BCUT2D eigenvalue weighted by atomic mass is 10.00. The summed E-state index contributed by atoms with van der Waals surface area (Å²) in [6, 6.07) is 1.32. The highest BCUT2D eigenvalue weighted by Gasteiger charge is 2.23. The van der Waals surface area contributed by atoms with Gasteiger partial charge in [0.15, 0.2) is 0 Å². The molecule has 3 nitrogen and oxygen atoms in total. The fourth-order valence-electron chi connectivity index (χ4n) is 1.93. The van der Waals surface area contributed by atoms with E-state index in [4.69, 9.17) is 5.11 Å². The Hall–Kier alpha value is -1.27. The van der Waals surface area contributed by atoms with Crippen LogP contribution in [0, 0.1) is 0 Å². The fraction of sp³-hybridized carbons (Fsp3) is 0.417. The Bertz CT molecular complexity index is 496. The molecule has 0 aromatic carbocycles. The number of carbonyl (C=O) groups is 1. The van der Waals surface area contributed by atoms with E-state index in [2.05, 4.69) is 4.90 Å². The summed E-state index contributed by atoms with van der Waals surface area (Å²) < 4.78 is 25.3. The summed E-state index contributed by atoms with van der Waals surface area (Å²) in [5.74, 6) is -1.14. The highest BCUT2D eigenvalue weighted by Crippen LogP contribution is 2.35. The standard InChI is InChI=1S/C12H13F2NO2S/c1-15-4-2-7(3-5-15)8-6-9(11(13)14)18-10(8)12(16)17/h2,6,11H,3-5H2,1H3,(H,16,17). The van der Waals surface area contributed by atoms with Gasteiger partial charge in [-0.15, -0.1) is 11.3 Å². The number of rotatable bonds is 3. The Morgan fingerprint density at radius 1 is 1.56 bits per heavy atom. The molecule has 98 valence electrons. The van der Waals surface area contributed by atoms with Crippen molar-refractivity contribution in [1.29, 1.82) is 0 Å². The van der Waals surface area contributed by atoms with E-state index < -0.39 is 12.4 Å². The molecule has 0 bridgehead atoms. The molecular formula is C12H13F2NO2S. The fourth-order valence-corrected chi connectivity index (χ4v) is 2.82. The van der Waals surface area contributed by atoms with E-state index >= 15 is 0 Å². The average Bonchev–Trinajstić information content (AvgIpc) is 2.75. The lowest BCUT2D eigenvalue weighted by molar-refractivity contribution is 0.0702. The van der Waals surface area contributed by atoms with Gasteiger partial charge in [0.2, 0.25) is 0 Å². The molecule has 0 saturated heterocycles. The Labute approximate surface area is 107 Å². The van der Waals surface area contributed by atoms with Crippen LogP contribution in [0.3, 0.4) is 0 Å². The van der Waals surface area contributed by atoms with Gasteiger partial charge in [0.05, 0.1) is 4.88 Å². The molecular weight excluding hydrogens is 260 g/mol. The second kappa shape index (κ2) is 5.16. The molecule has 0 fully saturated rings. The summed E-state index contributed by atoms with van der Waals surface area (Å²) in [5.41, 5.74) is 1.31. The van der Waals surface area contributed by atoms with Gasteiger partial charge < -0.3 is 10.0 Å². The Kier molecular flexibility index (Phi) is 3.77. The number of hydrogen-bond donors (Lipinski definition) is 1. The minimum atomic E-state index is -2.62. The van der Waals surface area contributed by atoms with E-state index in [0.717, 1.165) is 12.1 Å². The quantitative estimate of drug-likeness (QED) is 0.920. The second-order valence-corrected chi connectivity index (χ2v) is 5.32. The van der Waals surface area contributed by atoms with Crippen molar-refractivity contribution in [2.45, 2.75) is 12.8 Å². The molecule has 0 amide bonds. The van der Waals surface area contributed by atoms with E-state index in [-0.39, 0.29) is 9.75 Å². The first-order valence-corrected chi connectivity index (χ1v) is 6.34. The normalized spacial score (nSPS) is 17.0. The first-order valence-electron chi connectivity index (χ1n) is 5.52. The molecule has 1 aliphatic heterocycles. The van der Waals surface area contributed by atoms with Crippen LogP contribution in [0.5, 0.6) is 0 Å². The van der Waals surface area contributed by atoms with E-state index in [0.29, 0.717) is 29.9 Å². The molecule has 1 N–H and O–H groups in total. The van der Waals surface area contributed by atoms with Gasteiger partial charge in [-0.25, -0.2) is 13.6 Å². The molecule has 2 heterocycles. The SMILES string of the molecule is CN1CC=C(c2cc(C(F)F)sc2C(=O)O)CC1. The van der Waals surface area contributed by atoms with Crippen LogP contribution < -0.4 is 0 Å². The van der Waals surface area contributed by atoms with Gasteiger partial charge in [-0.05, 0) is 25.1 Å². The Morgan fingerprint density at radius 3 is 2.78 bits per heavy atom. The molecule has 1 aliphatic rings. The molecule has 0 aliphatic carbocycles. The molecule has 18 heavy (non-hydrogen) atoms. The van der Waals surface area contributed by atoms with Gasteiger partial charge in [-0.2, -0.15) is 0 Å². The van der Waals surface area contributed by atoms with Crippen molar-refractivity contribution in [3.8, 4) is 0 Å². The van der Waals surface area contributed by atoms with Crippen LogP contribution in [0.15, 0.2) is 12.1 Å². The number of halogens is 2. The lowest BCUT2D eigenvalue weighted by Gasteiger charge is -2.21. The van der Waals surface area contributed by atoms with Crippen LogP contribution in [-0.2, 0) is 0 Å². The number of carboxylic acid groups (broad SMARTS) is 1. The van der Waals surface area contributed by atoms with Crippen molar-refractivity contribution in [2.24, 2.45) is 0 Å². The number of alkyl halides is 2. The number of hydrogen-bond acceptors (Lipinski definition) is 3. The van der Waals surface area contributed by atoms with Crippen LogP contribution in [-0.4, -0.2) is 36.1 Å². The zero-order chi connectivity index (χ0) is 13.3. The highest BCUT2D eigenvalue weighted by molar-refractivity contribution is 7.14. The average molecular weight is 273 g/mol. The summed E-state index contributed by atoms with van der Waals surface area (Å²) in [7, 11) is 1.96. The number of carboxylic acids is 1. The molecule has 0 radical (unpaired) electrons. The van der Waals surface area contributed by atoms with Crippen molar-refractivity contribution in [2.75, 3.05) is 20.1 Å². The first kappa shape index (κ1) is 13.2. The smallest absolute Gasteiger partial charge is 0.346 e. The van der Waals surface area contributed by atoms with Crippen molar-refractivity contribution in [3.05, 3.63) is 27.5 Å². The number of likely N-dealkylation sites (N-methyl/N-ethyl adjacent to an activating group) is 1. The van der Waals surface area contributed by atoms with Gasteiger partial charge in [0.25, 0.3) is 6.43 Å². The second-order valence-electron chi connectivity index (χ2n) is 4.24. The maximum atomic E-state index is 12.6. The molecule has 0 unspecified atom stereocenters. The molecule has 6 heteroatoms. The minimum absolute atomic E-state index is 0.0149. The monoisotopic (exact) mass is 273 g/mol. The molecule has 1 aromatic heterocycles. The zero-order valence-electron chi connectivity index (χ0n) is 9.82. The Balaban J connectivity index is 2.40. The summed E-state index contributed by atoms with van der Waals surface area (Å²) in [4.78, 5) is 13.0. The van der Waals surface area contributed by atoms with E-state index in [1.807, 2.05) is 13.1 Å². The van der Waals surface area contributed by atoms with Crippen molar-refractivity contribution < 1.29 is 18.7 Å². The highest BCUT2D eigenvalue weighted by atomic mass is 32.1. The van der Waals surface area contributed by atoms with Crippen molar-refractivity contribution >= 4 is 22.9 Å². The van der Waals surface area contributed by atoms with Gasteiger partial charge in [0, 0.05) is 18.7 Å². The summed E-state index contributed by atoms with van der Waals surface area (Å²) >= 11 is 0.666. The molecule has 0 spiro atoms. The van der Waals surface area contributed by atoms with Crippen LogP contribution in [0.2, 0.25) is 0 Å². The first-order chi connectivity index (χ1) is 8.49. The summed E-state index contributed by atoms with van der Waals surface area (Å²) in [6.07, 6.45) is -0.0163. The maximum absolute atomic E-state index is 12.6. The van der Waals surface area contributed by atoms with Gasteiger partial charge in [0.1, 0.15) is 4.88 Å². The van der Waals surface area contributed by atoms with E-state index in [1.54, 1.807) is 0 Å². The number of aromatic carboxylic acids is 1. The lowest BCUT2D eigenvalue weighted by Crippen LogP contribution is -2.23. The Morgan fingerprint density at radius 2 is 2.28 bits per heavy atom. The largest absolute Gasteiger partial charge is 0.477 e.